The molecule has 19 heavy (non-hydrogen) atoms. The smallest absolute Gasteiger partial charge is 0.244 e. The van der Waals surface area contributed by atoms with Crippen LogP contribution in [0.3, 0.4) is 0 Å². The van der Waals surface area contributed by atoms with E-state index in [2.05, 4.69) is 54.2 Å². The van der Waals surface area contributed by atoms with Crippen LogP contribution in [0.1, 0.15) is 24.0 Å². The summed E-state index contributed by atoms with van der Waals surface area (Å²) >= 11 is 0. The Balaban J connectivity index is 2.02. The average molecular weight is 254 g/mol. The number of rotatable bonds is 3. The number of aryl methyl sites for hydroxylation is 1. The summed E-state index contributed by atoms with van der Waals surface area (Å²) in [6, 6.07) is 12.8. The van der Waals surface area contributed by atoms with E-state index in [0.29, 0.717) is 0 Å². The zero-order valence-electron chi connectivity index (χ0n) is 11.3. The van der Waals surface area contributed by atoms with Crippen LogP contribution in [0.15, 0.2) is 36.4 Å². The van der Waals surface area contributed by atoms with Crippen LogP contribution in [0.5, 0.6) is 0 Å². The highest BCUT2D eigenvalue weighted by molar-refractivity contribution is 5.93. The first-order chi connectivity index (χ1) is 9.15. The molecule has 3 heteroatoms. The first kappa shape index (κ1) is 12.2. The third-order valence-corrected chi connectivity index (χ3v) is 3.97. The van der Waals surface area contributed by atoms with Crippen LogP contribution in [0.2, 0.25) is 0 Å². The molecule has 0 aliphatic heterocycles. The van der Waals surface area contributed by atoms with E-state index in [4.69, 9.17) is 0 Å². The number of carbonyl (C=O) groups excluding carboxylic acids is 1. The van der Waals surface area contributed by atoms with Gasteiger partial charge in [0.15, 0.2) is 0 Å². The van der Waals surface area contributed by atoms with Gasteiger partial charge in [0.25, 0.3) is 0 Å². The fourth-order valence-corrected chi connectivity index (χ4v) is 2.67. The number of amides is 1. The Morgan fingerprint density at radius 2 is 1.79 bits per heavy atom. The van der Waals surface area contributed by atoms with Crippen molar-refractivity contribution in [2.75, 3.05) is 7.05 Å². The Morgan fingerprint density at radius 3 is 2.47 bits per heavy atom. The van der Waals surface area contributed by atoms with E-state index in [1.54, 1.807) is 7.05 Å². The van der Waals surface area contributed by atoms with Crippen molar-refractivity contribution in [3.05, 3.63) is 47.5 Å². The highest BCUT2D eigenvalue weighted by atomic mass is 16.2. The number of nitrogens with one attached hydrogen (secondary N) is 2. The van der Waals surface area contributed by atoms with E-state index in [1.165, 1.54) is 16.3 Å². The maximum atomic E-state index is 12.1. The molecule has 0 saturated heterocycles. The molecule has 2 N–H and O–H groups in total. The zero-order chi connectivity index (χ0) is 13.5. The second kappa shape index (κ2) is 4.35. The molecule has 0 unspecified atom stereocenters. The average Bonchev–Trinajstić information content (AvgIpc) is 3.20. The van der Waals surface area contributed by atoms with Gasteiger partial charge in [0, 0.05) is 7.05 Å². The molecule has 2 aromatic rings. The van der Waals surface area contributed by atoms with Gasteiger partial charge in [-0.3, -0.25) is 10.2 Å². The molecular formula is C16H18N2O. The normalized spacial score (nSPS) is 16.3. The zero-order valence-corrected chi connectivity index (χ0v) is 11.3. The maximum absolute atomic E-state index is 12.1. The van der Waals surface area contributed by atoms with Crippen molar-refractivity contribution >= 4 is 16.7 Å². The third kappa shape index (κ3) is 2.00. The number of hydrazine groups is 1. The Labute approximate surface area is 113 Å². The predicted molar refractivity (Wildman–Crippen MR) is 76.8 cm³/mol. The summed E-state index contributed by atoms with van der Waals surface area (Å²) in [5.74, 6) is 0.0708. The van der Waals surface area contributed by atoms with E-state index >= 15 is 0 Å². The van der Waals surface area contributed by atoms with E-state index in [-0.39, 0.29) is 11.3 Å². The number of hydrogen-bond donors (Lipinski definition) is 2. The Morgan fingerprint density at radius 1 is 1.11 bits per heavy atom. The summed E-state index contributed by atoms with van der Waals surface area (Å²) in [5, 5.41) is 2.43. The van der Waals surface area contributed by atoms with Gasteiger partial charge >= 0.3 is 0 Å². The van der Waals surface area contributed by atoms with Gasteiger partial charge in [0.05, 0.1) is 5.41 Å². The largest absolute Gasteiger partial charge is 0.291 e. The molecule has 3 rings (SSSR count). The molecule has 3 nitrogen and oxygen atoms in total. The Bertz CT molecular complexity index is 644. The predicted octanol–water partition coefficient (Wildman–Crippen LogP) is 2.43. The second-order valence-electron chi connectivity index (χ2n) is 5.35. The van der Waals surface area contributed by atoms with E-state index in [1.807, 2.05) is 0 Å². The fourth-order valence-electron chi connectivity index (χ4n) is 2.67. The SMILES string of the molecule is CNNC(=O)C1(c2ccc3cc(C)ccc3c2)CC1. The van der Waals surface area contributed by atoms with Crippen LogP contribution in [0.4, 0.5) is 0 Å². The van der Waals surface area contributed by atoms with Gasteiger partial charge in [-0.05, 0) is 36.1 Å². The standard InChI is InChI=1S/C16H18N2O/c1-11-3-4-13-10-14(6-5-12(13)9-11)16(7-8-16)15(19)18-17-2/h3-6,9-10,17H,7-8H2,1-2H3,(H,18,19). The molecule has 1 aliphatic carbocycles. The lowest BCUT2D eigenvalue weighted by Gasteiger charge is -2.16. The van der Waals surface area contributed by atoms with Crippen LogP contribution < -0.4 is 10.9 Å². The second-order valence-corrected chi connectivity index (χ2v) is 5.35. The van der Waals surface area contributed by atoms with Crippen molar-refractivity contribution in [1.82, 2.24) is 10.9 Å². The topological polar surface area (TPSA) is 41.1 Å². The fraction of sp³-hybridized carbons (Fsp3) is 0.312. The van der Waals surface area contributed by atoms with Crippen LogP contribution in [0, 0.1) is 6.92 Å². The lowest BCUT2D eigenvalue weighted by atomic mass is 9.92. The molecule has 0 heterocycles. The number of hydrogen-bond acceptors (Lipinski definition) is 2. The molecule has 0 bridgehead atoms. The summed E-state index contributed by atoms with van der Waals surface area (Å²) < 4.78 is 0. The van der Waals surface area contributed by atoms with Crippen molar-refractivity contribution in [2.45, 2.75) is 25.2 Å². The highest BCUT2D eigenvalue weighted by Gasteiger charge is 2.51. The molecule has 2 aromatic carbocycles. The van der Waals surface area contributed by atoms with E-state index in [9.17, 15) is 4.79 Å². The number of benzene rings is 2. The van der Waals surface area contributed by atoms with Crippen molar-refractivity contribution in [3.63, 3.8) is 0 Å². The summed E-state index contributed by atoms with van der Waals surface area (Å²) in [7, 11) is 1.72. The molecular weight excluding hydrogens is 236 g/mol. The van der Waals surface area contributed by atoms with Crippen molar-refractivity contribution in [2.24, 2.45) is 0 Å². The molecule has 1 saturated carbocycles. The van der Waals surface area contributed by atoms with Crippen LogP contribution in [0.25, 0.3) is 10.8 Å². The minimum absolute atomic E-state index is 0.0708. The van der Waals surface area contributed by atoms with Crippen LogP contribution >= 0.6 is 0 Å². The van der Waals surface area contributed by atoms with Gasteiger partial charge in [-0.15, -0.1) is 0 Å². The van der Waals surface area contributed by atoms with Gasteiger partial charge in [-0.25, -0.2) is 5.43 Å². The summed E-state index contributed by atoms with van der Waals surface area (Å²) in [6.07, 6.45) is 1.86. The summed E-state index contributed by atoms with van der Waals surface area (Å²) in [5.41, 5.74) is 7.51. The molecule has 0 radical (unpaired) electrons. The van der Waals surface area contributed by atoms with Crippen molar-refractivity contribution in [3.8, 4) is 0 Å². The Kier molecular flexibility index (Phi) is 2.79. The van der Waals surface area contributed by atoms with E-state index in [0.717, 1.165) is 18.4 Å². The lowest BCUT2D eigenvalue weighted by molar-refractivity contribution is -0.124. The first-order valence-corrected chi connectivity index (χ1v) is 6.64. The monoisotopic (exact) mass is 254 g/mol. The summed E-state index contributed by atoms with van der Waals surface area (Å²) in [6.45, 7) is 2.09. The number of carbonyl (C=O) groups is 1. The van der Waals surface area contributed by atoms with Crippen LogP contribution in [-0.2, 0) is 10.2 Å². The van der Waals surface area contributed by atoms with Crippen molar-refractivity contribution < 1.29 is 4.79 Å². The Hall–Kier alpha value is -1.87. The maximum Gasteiger partial charge on any atom is 0.244 e. The third-order valence-electron chi connectivity index (χ3n) is 3.97. The van der Waals surface area contributed by atoms with Gasteiger partial charge in [0.1, 0.15) is 0 Å². The van der Waals surface area contributed by atoms with Crippen molar-refractivity contribution in [1.29, 1.82) is 0 Å². The first-order valence-electron chi connectivity index (χ1n) is 6.64. The molecule has 0 aromatic heterocycles. The van der Waals surface area contributed by atoms with Gasteiger partial charge < -0.3 is 0 Å². The minimum atomic E-state index is -0.317. The number of fused-ring (bicyclic) bond motifs is 1. The molecule has 98 valence electrons. The van der Waals surface area contributed by atoms with Gasteiger partial charge in [0.2, 0.25) is 5.91 Å². The van der Waals surface area contributed by atoms with E-state index < -0.39 is 0 Å². The lowest BCUT2D eigenvalue weighted by Crippen LogP contribution is -2.41. The van der Waals surface area contributed by atoms with Gasteiger partial charge in [-0.1, -0.05) is 42.0 Å². The molecule has 0 atom stereocenters. The molecule has 1 aliphatic rings. The molecule has 1 amide bonds. The minimum Gasteiger partial charge on any atom is -0.291 e. The summed E-state index contributed by atoms with van der Waals surface area (Å²) in [4.78, 5) is 12.1. The quantitative estimate of drug-likeness (QED) is 0.826. The molecule has 1 fully saturated rings. The molecule has 0 spiro atoms. The highest BCUT2D eigenvalue weighted by Crippen LogP contribution is 2.48. The van der Waals surface area contributed by atoms with Crippen LogP contribution in [-0.4, -0.2) is 13.0 Å². The van der Waals surface area contributed by atoms with Gasteiger partial charge in [-0.2, -0.15) is 0 Å².